The molecule has 0 radical (unpaired) electrons. The first-order chi connectivity index (χ1) is 9.56. The summed E-state index contributed by atoms with van der Waals surface area (Å²) in [6, 6.07) is 15.1. The lowest BCUT2D eigenvalue weighted by molar-refractivity contribution is -0.112. The van der Waals surface area contributed by atoms with Gasteiger partial charge in [0.2, 0.25) is 5.91 Å². The summed E-state index contributed by atoms with van der Waals surface area (Å²) in [5.41, 5.74) is 8.35. The topological polar surface area (TPSA) is 55.1 Å². The van der Waals surface area contributed by atoms with Gasteiger partial charge in [0, 0.05) is 22.8 Å². The molecule has 2 rings (SSSR count). The van der Waals surface area contributed by atoms with Crippen molar-refractivity contribution in [1.82, 2.24) is 0 Å². The van der Waals surface area contributed by atoms with E-state index in [1.807, 2.05) is 48.5 Å². The molecule has 0 saturated heterocycles. The number of hydrogen-bond acceptors (Lipinski definition) is 2. The number of rotatable bonds is 5. The second-order valence-electron chi connectivity index (χ2n) is 4.40. The van der Waals surface area contributed by atoms with E-state index in [1.165, 1.54) is 0 Å². The smallest absolute Gasteiger partial charge is 0.248 e. The summed E-state index contributed by atoms with van der Waals surface area (Å²) >= 11 is 5.83. The summed E-state index contributed by atoms with van der Waals surface area (Å²) in [6.45, 7) is 4.34. The molecular formula is C16H15ClN2O. The van der Waals surface area contributed by atoms with Crippen LogP contribution in [0.3, 0.4) is 0 Å². The van der Waals surface area contributed by atoms with Crippen molar-refractivity contribution >= 4 is 28.8 Å². The van der Waals surface area contributed by atoms with Crippen molar-refractivity contribution in [3.63, 3.8) is 0 Å². The lowest BCUT2D eigenvalue weighted by Crippen LogP contribution is -2.11. The van der Waals surface area contributed by atoms with Gasteiger partial charge in [0.1, 0.15) is 0 Å². The van der Waals surface area contributed by atoms with Crippen molar-refractivity contribution in [2.24, 2.45) is 5.73 Å². The van der Waals surface area contributed by atoms with E-state index in [0.717, 1.165) is 16.8 Å². The fourth-order valence-electron chi connectivity index (χ4n) is 1.74. The van der Waals surface area contributed by atoms with Crippen LogP contribution in [0.15, 0.2) is 55.1 Å². The van der Waals surface area contributed by atoms with E-state index in [2.05, 4.69) is 11.9 Å². The van der Waals surface area contributed by atoms with Crippen molar-refractivity contribution in [3.05, 3.63) is 71.3 Å². The number of anilines is 1. The first-order valence-corrected chi connectivity index (χ1v) is 6.51. The molecule has 1 amide bonds. The molecule has 0 spiro atoms. The van der Waals surface area contributed by atoms with E-state index in [9.17, 15) is 4.79 Å². The molecule has 0 fully saturated rings. The number of hydrogen-bond donors (Lipinski definition) is 2. The van der Waals surface area contributed by atoms with Gasteiger partial charge >= 0.3 is 0 Å². The predicted octanol–water partition coefficient (Wildman–Crippen LogP) is 3.45. The number of carbonyl (C=O) groups excluding carboxylic acids is 1. The zero-order chi connectivity index (χ0) is 14.5. The summed E-state index contributed by atoms with van der Waals surface area (Å²) in [5, 5.41) is 4.00. The predicted molar refractivity (Wildman–Crippen MR) is 83.4 cm³/mol. The monoisotopic (exact) mass is 286 g/mol. The first-order valence-electron chi connectivity index (χ1n) is 6.14. The molecule has 2 aromatic carbocycles. The molecule has 0 heterocycles. The van der Waals surface area contributed by atoms with Gasteiger partial charge in [-0.2, -0.15) is 0 Å². The highest BCUT2D eigenvalue weighted by atomic mass is 35.5. The van der Waals surface area contributed by atoms with Gasteiger partial charge in [-0.25, -0.2) is 0 Å². The number of nitrogens with two attached hydrogens (primary N) is 1. The van der Waals surface area contributed by atoms with Crippen LogP contribution in [0.4, 0.5) is 5.69 Å². The Hall–Kier alpha value is -2.26. The third kappa shape index (κ3) is 3.62. The van der Waals surface area contributed by atoms with Crippen LogP contribution in [0.1, 0.15) is 11.1 Å². The van der Waals surface area contributed by atoms with Crippen LogP contribution < -0.4 is 11.1 Å². The average Bonchev–Trinajstić information content (AvgIpc) is 2.46. The van der Waals surface area contributed by atoms with Gasteiger partial charge in [-0.1, -0.05) is 42.4 Å². The van der Waals surface area contributed by atoms with Gasteiger partial charge < -0.3 is 11.1 Å². The van der Waals surface area contributed by atoms with E-state index in [1.54, 1.807) is 0 Å². The lowest BCUT2D eigenvalue weighted by atomic mass is 10.1. The Labute approximate surface area is 123 Å². The Balaban J connectivity index is 1.99. The Morgan fingerprint density at radius 3 is 2.25 bits per heavy atom. The molecule has 0 unspecified atom stereocenters. The maximum Gasteiger partial charge on any atom is 0.248 e. The molecule has 4 heteroatoms. The van der Waals surface area contributed by atoms with Gasteiger partial charge in [0.05, 0.1) is 0 Å². The summed E-state index contributed by atoms with van der Waals surface area (Å²) in [6.07, 6.45) is 0. The van der Waals surface area contributed by atoms with Crippen molar-refractivity contribution in [3.8, 4) is 0 Å². The molecular weight excluding hydrogens is 272 g/mol. The van der Waals surface area contributed by atoms with E-state index >= 15 is 0 Å². The summed E-state index contributed by atoms with van der Waals surface area (Å²) in [4.78, 5) is 11.0. The highest BCUT2D eigenvalue weighted by molar-refractivity contribution is 6.30. The van der Waals surface area contributed by atoms with Gasteiger partial charge in [-0.05, 0) is 35.4 Å². The van der Waals surface area contributed by atoms with Gasteiger partial charge in [-0.15, -0.1) is 0 Å². The Morgan fingerprint density at radius 1 is 1.10 bits per heavy atom. The second-order valence-corrected chi connectivity index (χ2v) is 4.84. The highest BCUT2D eigenvalue weighted by Crippen LogP contribution is 2.16. The average molecular weight is 287 g/mol. The maximum atomic E-state index is 11.0. The highest BCUT2D eigenvalue weighted by Gasteiger charge is 2.04. The van der Waals surface area contributed by atoms with Gasteiger partial charge in [0.15, 0.2) is 0 Å². The number of benzene rings is 2. The molecule has 0 aliphatic heterocycles. The molecule has 0 bridgehead atoms. The lowest BCUT2D eigenvalue weighted by Gasteiger charge is -2.08. The van der Waals surface area contributed by atoms with Crippen LogP contribution in [0, 0.1) is 0 Å². The third-order valence-electron chi connectivity index (χ3n) is 2.94. The summed E-state index contributed by atoms with van der Waals surface area (Å²) in [7, 11) is 0. The SMILES string of the molecule is C=C(C(N)=O)c1ccc(CNc2ccc(Cl)cc2)cc1. The summed E-state index contributed by atoms with van der Waals surface area (Å²) < 4.78 is 0. The van der Waals surface area contributed by atoms with Crippen molar-refractivity contribution in [2.75, 3.05) is 5.32 Å². The van der Waals surface area contributed by atoms with E-state index < -0.39 is 5.91 Å². The van der Waals surface area contributed by atoms with Crippen LogP contribution in [-0.4, -0.2) is 5.91 Å². The number of amides is 1. The number of halogens is 1. The Morgan fingerprint density at radius 2 is 1.70 bits per heavy atom. The zero-order valence-corrected chi connectivity index (χ0v) is 11.7. The molecule has 102 valence electrons. The van der Waals surface area contributed by atoms with Crippen molar-refractivity contribution in [1.29, 1.82) is 0 Å². The minimum atomic E-state index is -0.503. The molecule has 20 heavy (non-hydrogen) atoms. The quantitative estimate of drug-likeness (QED) is 0.827. The Bertz CT molecular complexity index is 618. The van der Waals surface area contributed by atoms with Crippen LogP contribution in [0.2, 0.25) is 5.02 Å². The molecule has 0 aliphatic carbocycles. The molecule has 0 aromatic heterocycles. The number of primary amides is 1. The van der Waals surface area contributed by atoms with Gasteiger partial charge in [0.25, 0.3) is 0 Å². The fraction of sp³-hybridized carbons (Fsp3) is 0.0625. The van der Waals surface area contributed by atoms with Crippen LogP contribution in [-0.2, 0) is 11.3 Å². The largest absolute Gasteiger partial charge is 0.381 e. The third-order valence-corrected chi connectivity index (χ3v) is 3.19. The Kier molecular flexibility index (Phi) is 4.43. The van der Waals surface area contributed by atoms with Crippen molar-refractivity contribution < 1.29 is 4.79 Å². The van der Waals surface area contributed by atoms with E-state index in [4.69, 9.17) is 17.3 Å². The van der Waals surface area contributed by atoms with Crippen LogP contribution in [0.25, 0.3) is 5.57 Å². The molecule has 0 saturated carbocycles. The fourth-order valence-corrected chi connectivity index (χ4v) is 1.86. The normalized spacial score (nSPS) is 10.1. The van der Waals surface area contributed by atoms with Crippen LogP contribution >= 0.6 is 11.6 Å². The molecule has 0 atom stereocenters. The molecule has 3 nitrogen and oxygen atoms in total. The molecule has 2 aromatic rings. The number of nitrogens with one attached hydrogen (secondary N) is 1. The van der Waals surface area contributed by atoms with Crippen molar-refractivity contribution in [2.45, 2.75) is 6.54 Å². The minimum absolute atomic E-state index is 0.321. The number of carbonyl (C=O) groups is 1. The standard InChI is InChI=1S/C16H15ClN2O/c1-11(16(18)20)13-4-2-12(3-5-13)10-19-15-8-6-14(17)7-9-15/h2-9,19H,1,10H2,(H2,18,20). The van der Waals surface area contributed by atoms with Gasteiger partial charge in [-0.3, -0.25) is 4.79 Å². The van der Waals surface area contributed by atoms with Crippen LogP contribution in [0.5, 0.6) is 0 Å². The molecule has 3 N–H and O–H groups in total. The first kappa shape index (κ1) is 14.2. The van der Waals surface area contributed by atoms with E-state index in [0.29, 0.717) is 17.1 Å². The van der Waals surface area contributed by atoms with E-state index in [-0.39, 0.29) is 0 Å². The zero-order valence-electron chi connectivity index (χ0n) is 10.9. The second kappa shape index (κ2) is 6.26. The maximum absolute atomic E-state index is 11.0. The molecule has 0 aliphatic rings. The summed E-state index contributed by atoms with van der Waals surface area (Å²) in [5.74, 6) is -0.503. The minimum Gasteiger partial charge on any atom is -0.381 e.